The highest BCUT2D eigenvalue weighted by molar-refractivity contribution is 5.80. The molecule has 28 heavy (non-hydrogen) atoms. The maximum atomic E-state index is 12.4. The van der Waals surface area contributed by atoms with E-state index in [1.165, 1.54) is 13.1 Å². The van der Waals surface area contributed by atoms with Crippen LogP contribution in [0.1, 0.15) is 40.5 Å². The van der Waals surface area contributed by atoms with Crippen molar-refractivity contribution in [2.75, 3.05) is 58.9 Å². The summed E-state index contributed by atoms with van der Waals surface area (Å²) in [7, 11) is 0. The molecule has 2 bridgehead atoms. The molecule has 0 aromatic heterocycles. The third-order valence-corrected chi connectivity index (χ3v) is 5.61. The van der Waals surface area contributed by atoms with Crippen LogP contribution in [0.3, 0.4) is 0 Å². The first kappa shape index (κ1) is 21.2. The van der Waals surface area contributed by atoms with Gasteiger partial charge in [0.1, 0.15) is 5.60 Å². The Morgan fingerprint density at radius 2 is 1.89 bits per heavy atom. The largest absolute Gasteiger partial charge is 0.444 e. The van der Waals surface area contributed by atoms with Crippen LogP contribution in [0.25, 0.3) is 0 Å². The Balaban J connectivity index is 1.53. The summed E-state index contributed by atoms with van der Waals surface area (Å²) in [4.78, 5) is 24.2. The molecule has 0 radical (unpaired) electrons. The lowest BCUT2D eigenvalue weighted by Crippen LogP contribution is -2.62. The minimum atomic E-state index is -0.460. The zero-order valence-electron chi connectivity index (χ0n) is 18.0. The third kappa shape index (κ3) is 5.98. The molecule has 2 unspecified atom stereocenters. The van der Waals surface area contributed by atoms with Crippen LogP contribution in [0, 0.1) is 0 Å². The monoisotopic (exact) mass is 394 g/mol. The van der Waals surface area contributed by atoms with Crippen molar-refractivity contribution in [2.45, 2.75) is 58.2 Å². The lowest BCUT2D eigenvalue weighted by atomic mass is 10.1. The number of rotatable bonds is 4. The molecular weight excluding hydrogens is 356 g/mol. The zero-order chi connectivity index (χ0) is 20.1. The van der Waals surface area contributed by atoms with E-state index < -0.39 is 5.60 Å². The summed E-state index contributed by atoms with van der Waals surface area (Å²) in [6.07, 6.45) is 1.79. The number of carbonyl (C=O) groups is 1. The number of likely N-dealkylation sites (tertiary alicyclic amines) is 1. The Hall–Kier alpha value is -1.54. The minimum Gasteiger partial charge on any atom is -0.444 e. The molecule has 0 aromatic rings. The van der Waals surface area contributed by atoms with Crippen LogP contribution in [-0.2, 0) is 4.74 Å². The van der Waals surface area contributed by atoms with Gasteiger partial charge in [0.2, 0.25) is 0 Å². The van der Waals surface area contributed by atoms with Gasteiger partial charge in [-0.3, -0.25) is 14.8 Å². The van der Waals surface area contributed by atoms with Crippen LogP contribution in [-0.4, -0.2) is 103 Å². The smallest absolute Gasteiger partial charge is 0.410 e. The Kier molecular flexibility index (Phi) is 7.04. The van der Waals surface area contributed by atoms with E-state index in [4.69, 9.17) is 9.73 Å². The summed E-state index contributed by atoms with van der Waals surface area (Å²) >= 11 is 0. The van der Waals surface area contributed by atoms with Crippen molar-refractivity contribution < 1.29 is 9.53 Å². The highest BCUT2D eigenvalue weighted by Gasteiger charge is 2.32. The number of nitrogens with one attached hydrogen (secondary N) is 2. The van der Waals surface area contributed by atoms with Crippen molar-refractivity contribution in [3.8, 4) is 0 Å². The molecule has 0 spiro atoms. The van der Waals surface area contributed by atoms with Gasteiger partial charge in [0.15, 0.2) is 5.96 Å². The van der Waals surface area contributed by atoms with E-state index in [2.05, 4.69) is 27.4 Å². The Bertz CT molecular complexity index is 553. The fourth-order valence-electron chi connectivity index (χ4n) is 4.20. The molecule has 1 amide bonds. The SMILES string of the molecule is CCNC(=NCC1CN2CCN1CC2)NC1CCCN(C(=O)OC(C)(C)C)C1. The molecular formula is C20H38N6O2. The minimum absolute atomic E-state index is 0.200. The van der Waals surface area contributed by atoms with Crippen LogP contribution >= 0.6 is 0 Å². The number of guanidine groups is 1. The number of carbonyl (C=O) groups excluding carboxylic acids is 1. The van der Waals surface area contributed by atoms with E-state index in [-0.39, 0.29) is 12.1 Å². The van der Waals surface area contributed by atoms with Crippen molar-refractivity contribution in [1.82, 2.24) is 25.3 Å². The maximum absolute atomic E-state index is 12.4. The number of piperazine rings is 3. The second-order valence-corrected chi connectivity index (χ2v) is 9.12. The maximum Gasteiger partial charge on any atom is 0.410 e. The number of ether oxygens (including phenoxy) is 1. The molecule has 4 aliphatic heterocycles. The number of fused-ring (bicyclic) bond motifs is 3. The van der Waals surface area contributed by atoms with E-state index in [0.717, 1.165) is 58.1 Å². The van der Waals surface area contributed by atoms with Crippen molar-refractivity contribution in [3.63, 3.8) is 0 Å². The lowest BCUT2D eigenvalue weighted by Gasteiger charge is -2.47. The summed E-state index contributed by atoms with van der Waals surface area (Å²) in [5, 5.41) is 6.91. The molecule has 0 saturated carbocycles. The van der Waals surface area contributed by atoms with Crippen molar-refractivity contribution in [2.24, 2.45) is 4.99 Å². The van der Waals surface area contributed by atoms with Gasteiger partial charge < -0.3 is 20.3 Å². The summed E-state index contributed by atoms with van der Waals surface area (Å²) in [5.41, 5.74) is -0.460. The quantitative estimate of drug-likeness (QED) is 0.546. The fourth-order valence-corrected chi connectivity index (χ4v) is 4.20. The van der Waals surface area contributed by atoms with Gasteiger partial charge in [-0.05, 0) is 40.5 Å². The van der Waals surface area contributed by atoms with Crippen LogP contribution in [0.15, 0.2) is 4.99 Å². The predicted octanol–water partition coefficient (Wildman–Crippen LogP) is 0.941. The standard InChI is InChI=1S/C20H38N6O2/c1-5-21-18(22-13-17-15-24-9-11-25(17)12-10-24)23-16-7-6-8-26(14-16)19(27)28-20(2,3)4/h16-17H,5-15H2,1-4H3,(H2,21,22,23). The predicted molar refractivity (Wildman–Crippen MR) is 112 cm³/mol. The molecule has 8 heteroatoms. The van der Waals surface area contributed by atoms with Gasteiger partial charge in [-0.25, -0.2) is 4.79 Å². The molecule has 4 rings (SSSR count). The second-order valence-electron chi connectivity index (χ2n) is 9.12. The molecule has 0 aromatic carbocycles. The average molecular weight is 395 g/mol. The number of piperidine rings is 1. The average Bonchev–Trinajstić information content (AvgIpc) is 2.66. The summed E-state index contributed by atoms with van der Waals surface area (Å²) in [5.74, 6) is 0.858. The molecule has 4 saturated heterocycles. The van der Waals surface area contributed by atoms with Crippen LogP contribution in [0.2, 0.25) is 0 Å². The van der Waals surface area contributed by atoms with Crippen LogP contribution in [0.5, 0.6) is 0 Å². The lowest BCUT2D eigenvalue weighted by molar-refractivity contribution is 0.0173. The third-order valence-electron chi connectivity index (χ3n) is 5.61. The van der Waals surface area contributed by atoms with E-state index in [9.17, 15) is 4.79 Å². The number of amides is 1. The Morgan fingerprint density at radius 1 is 1.14 bits per heavy atom. The normalized spacial score (nSPS) is 30.9. The van der Waals surface area contributed by atoms with Gasteiger partial charge in [-0.1, -0.05) is 0 Å². The Labute approximate surface area is 169 Å². The molecule has 4 fully saturated rings. The second kappa shape index (κ2) is 9.31. The molecule has 160 valence electrons. The van der Waals surface area contributed by atoms with Gasteiger partial charge in [0, 0.05) is 64.4 Å². The van der Waals surface area contributed by atoms with Gasteiger partial charge >= 0.3 is 6.09 Å². The fraction of sp³-hybridized carbons (Fsp3) is 0.900. The first-order valence-electron chi connectivity index (χ1n) is 10.8. The number of hydrogen-bond donors (Lipinski definition) is 2. The van der Waals surface area contributed by atoms with Crippen LogP contribution in [0.4, 0.5) is 4.79 Å². The van der Waals surface area contributed by atoms with E-state index in [1.54, 1.807) is 0 Å². The van der Waals surface area contributed by atoms with Crippen molar-refractivity contribution >= 4 is 12.1 Å². The van der Waals surface area contributed by atoms with Crippen molar-refractivity contribution in [3.05, 3.63) is 0 Å². The molecule has 4 heterocycles. The van der Waals surface area contributed by atoms with Gasteiger partial charge in [-0.15, -0.1) is 0 Å². The number of hydrogen-bond acceptors (Lipinski definition) is 5. The molecule has 8 nitrogen and oxygen atoms in total. The van der Waals surface area contributed by atoms with Gasteiger partial charge in [0.05, 0.1) is 6.54 Å². The van der Waals surface area contributed by atoms with E-state index in [1.807, 2.05) is 25.7 Å². The van der Waals surface area contributed by atoms with Crippen LogP contribution < -0.4 is 10.6 Å². The summed E-state index contributed by atoms with van der Waals surface area (Å²) < 4.78 is 5.54. The molecule has 0 aliphatic carbocycles. The molecule has 2 atom stereocenters. The van der Waals surface area contributed by atoms with Gasteiger partial charge in [0.25, 0.3) is 0 Å². The highest BCUT2D eigenvalue weighted by atomic mass is 16.6. The highest BCUT2D eigenvalue weighted by Crippen LogP contribution is 2.17. The first-order valence-corrected chi connectivity index (χ1v) is 10.8. The first-order chi connectivity index (χ1) is 13.3. The summed E-state index contributed by atoms with van der Waals surface area (Å²) in [6, 6.07) is 0.716. The molecule has 2 N–H and O–H groups in total. The van der Waals surface area contributed by atoms with E-state index in [0.29, 0.717) is 12.6 Å². The van der Waals surface area contributed by atoms with E-state index >= 15 is 0 Å². The number of nitrogens with zero attached hydrogens (tertiary/aromatic N) is 4. The zero-order valence-corrected chi connectivity index (χ0v) is 18.0. The Morgan fingerprint density at radius 3 is 2.50 bits per heavy atom. The number of aliphatic imine (C=N–C) groups is 1. The molecule has 4 aliphatic rings. The van der Waals surface area contributed by atoms with Gasteiger partial charge in [-0.2, -0.15) is 0 Å². The van der Waals surface area contributed by atoms with Crippen molar-refractivity contribution in [1.29, 1.82) is 0 Å². The topological polar surface area (TPSA) is 72.4 Å². The summed E-state index contributed by atoms with van der Waals surface area (Å²) in [6.45, 7) is 16.7.